The number of nitrogens with zero attached hydrogens (tertiary/aromatic N) is 4. The zero-order valence-corrected chi connectivity index (χ0v) is 11.6. The number of imidazole rings is 1. The van der Waals surface area contributed by atoms with Crippen LogP contribution in [0.25, 0.3) is 11.4 Å². The van der Waals surface area contributed by atoms with Gasteiger partial charge in [0, 0.05) is 50.4 Å². The molecule has 2 aromatic rings. The van der Waals surface area contributed by atoms with Crippen LogP contribution in [-0.4, -0.2) is 50.5 Å². The van der Waals surface area contributed by atoms with Crippen LogP contribution in [0.4, 0.5) is 0 Å². The lowest BCUT2D eigenvalue weighted by Crippen LogP contribution is -2.19. The Kier molecular flexibility index (Phi) is 4.65. The van der Waals surface area contributed by atoms with E-state index in [4.69, 9.17) is 9.90 Å². The minimum absolute atomic E-state index is 0.174. The molecular weight excluding hydrogens is 272 g/mol. The van der Waals surface area contributed by atoms with Gasteiger partial charge >= 0.3 is 0 Å². The van der Waals surface area contributed by atoms with E-state index in [0.29, 0.717) is 6.42 Å². The summed E-state index contributed by atoms with van der Waals surface area (Å²) in [5.74, 6) is 1.08. The molecule has 7 heteroatoms. The lowest BCUT2D eigenvalue weighted by Gasteiger charge is -2.14. The molecule has 1 saturated heterocycles. The number of hydrogen-bond acceptors (Lipinski definition) is 4. The second-order valence-corrected chi connectivity index (χ2v) is 4.63. The van der Waals surface area contributed by atoms with E-state index < -0.39 is 0 Å². The predicted octanol–water partition coefficient (Wildman–Crippen LogP) is 1.05. The molecule has 0 radical (unpaired) electrons. The molecule has 1 atom stereocenters. The third-order valence-corrected chi connectivity index (χ3v) is 3.32. The summed E-state index contributed by atoms with van der Waals surface area (Å²) in [6.45, 7) is 0.493. The number of aromatic nitrogens is 3. The van der Waals surface area contributed by atoms with E-state index in [0.717, 1.165) is 17.9 Å². The van der Waals surface area contributed by atoms with Crippen LogP contribution in [0.2, 0.25) is 0 Å². The molecule has 1 N–H and O–H groups in total. The average Bonchev–Trinajstić information content (AvgIpc) is 3.08. The molecular formula is C14H16N4O3. The number of amides is 1. The van der Waals surface area contributed by atoms with E-state index in [1.165, 1.54) is 0 Å². The number of carbonyl (C=O) groups excluding carboxylic acids is 1. The summed E-state index contributed by atoms with van der Waals surface area (Å²) in [5.41, 5.74) is 1.03. The van der Waals surface area contributed by atoms with Gasteiger partial charge in [0.15, 0.2) is 0 Å². The summed E-state index contributed by atoms with van der Waals surface area (Å²) < 4.78 is 2.08. The van der Waals surface area contributed by atoms with E-state index in [9.17, 15) is 4.79 Å². The van der Waals surface area contributed by atoms with Gasteiger partial charge in [-0.1, -0.05) is 0 Å². The van der Waals surface area contributed by atoms with Crippen LogP contribution in [0.15, 0.2) is 36.9 Å². The molecule has 110 valence electrons. The van der Waals surface area contributed by atoms with Gasteiger partial charge in [0.25, 0.3) is 6.47 Å². The fraction of sp³-hybridized carbons (Fsp3) is 0.286. The molecule has 1 fully saturated rings. The van der Waals surface area contributed by atoms with Crippen molar-refractivity contribution in [3.05, 3.63) is 36.9 Å². The Morgan fingerprint density at radius 3 is 2.57 bits per heavy atom. The quantitative estimate of drug-likeness (QED) is 0.834. The lowest BCUT2D eigenvalue weighted by molar-refractivity contribution is -0.126. The van der Waals surface area contributed by atoms with Crippen LogP contribution in [0.5, 0.6) is 0 Å². The zero-order chi connectivity index (χ0) is 15.2. The number of carbonyl (C=O) groups is 2. The van der Waals surface area contributed by atoms with Gasteiger partial charge in [-0.2, -0.15) is 0 Å². The standard InChI is InChI=1S/C13H14N4O.CH2O2/c1-16-9-11(8-12(16)18)17-7-6-15-13(17)10-2-4-14-5-3-10;2-1-3/h2-7,11H,8-9H2,1H3;1H,(H,2,3). The first-order chi connectivity index (χ1) is 10.2. The summed E-state index contributed by atoms with van der Waals surface area (Å²) in [4.78, 5) is 30.1. The third kappa shape index (κ3) is 3.25. The predicted molar refractivity (Wildman–Crippen MR) is 75.4 cm³/mol. The van der Waals surface area contributed by atoms with Gasteiger partial charge in [0.05, 0.1) is 6.04 Å². The molecule has 3 rings (SSSR count). The highest BCUT2D eigenvalue weighted by atomic mass is 16.3. The largest absolute Gasteiger partial charge is 0.483 e. The molecule has 0 saturated carbocycles. The van der Waals surface area contributed by atoms with Gasteiger partial charge in [-0.05, 0) is 12.1 Å². The second kappa shape index (κ2) is 6.65. The molecule has 7 nitrogen and oxygen atoms in total. The molecule has 0 aromatic carbocycles. The number of hydrogen-bond donors (Lipinski definition) is 1. The monoisotopic (exact) mass is 288 g/mol. The van der Waals surface area contributed by atoms with E-state index >= 15 is 0 Å². The average molecular weight is 288 g/mol. The van der Waals surface area contributed by atoms with Crippen molar-refractivity contribution in [3.63, 3.8) is 0 Å². The van der Waals surface area contributed by atoms with Gasteiger partial charge in [-0.3, -0.25) is 14.6 Å². The van der Waals surface area contributed by atoms with Gasteiger partial charge in [0.2, 0.25) is 5.91 Å². The van der Waals surface area contributed by atoms with Crippen molar-refractivity contribution >= 4 is 12.4 Å². The Bertz CT molecular complexity index is 612. The Morgan fingerprint density at radius 1 is 1.33 bits per heavy atom. The first-order valence-electron chi connectivity index (χ1n) is 6.42. The van der Waals surface area contributed by atoms with Crippen LogP contribution in [0, 0.1) is 0 Å². The van der Waals surface area contributed by atoms with Gasteiger partial charge in [0.1, 0.15) is 5.82 Å². The molecule has 1 aliphatic heterocycles. The minimum Gasteiger partial charge on any atom is -0.483 e. The fourth-order valence-corrected chi connectivity index (χ4v) is 2.36. The molecule has 2 aromatic heterocycles. The normalized spacial score (nSPS) is 17.3. The topological polar surface area (TPSA) is 88.3 Å². The molecule has 1 unspecified atom stereocenters. The zero-order valence-electron chi connectivity index (χ0n) is 11.6. The Hall–Kier alpha value is -2.70. The van der Waals surface area contributed by atoms with Crippen LogP contribution < -0.4 is 0 Å². The Morgan fingerprint density at radius 2 is 2.00 bits per heavy atom. The van der Waals surface area contributed by atoms with Crippen molar-refractivity contribution in [2.24, 2.45) is 0 Å². The highest BCUT2D eigenvalue weighted by Gasteiger charge is 2.29. The summed E-state index contributed by atoms with van der Waals surface area (Å²) >= 11 is 0. The van der Waals surface area contributed by atoms with E-state index in [1.54, 1.807) is 23.5 Å². The van der Waals surface area contributed by atoms with Crippen molar-refractivity contribution in [3.8, 4) is 11.4 Å². The molecule has 0 aliphatic carbocycles. The summed E-state index contributed by atoms with van der Waals surface area (Å²) in [6, 6.07) is 4.03. The molecule has 21 heavy (non-hydrogen) atoms. The summed E-state index contributed by atoms with van der Waals surface area (Å²) in [7, 11) is 1.84. The highest BCUT2D eigenvalue weighted by Crippen LogP contribution is 2.27. The summed E-state index contributed by atoms with van der Waals surface area (Å²) in [6.07, 6.45) is 7.76. The first-order valence-corrected chi connectivity index (χ1v) is 6.42. The molecule has 3 heterocycles. The van der Waals surface area contributed by atoms with Gasteiger partial charge in [-0.15, -0.1) is 0 Å². The maximum atomic E-state index is 11.6. The van der Waals surface area contributed by atoms with Crippen molar-refractivity contribution < 1.29 is 14.7 Å². The van der Waals surface area contributed by atoms with Crippen molar-refractivity contribution in [2.75, 3.05) is 13.6 Å². The Balaban J connectivity index is 0.000000497. The molecule has 1 amide bonds. The molecule has 0 spiro atoms. The Labute approximate surface area is 121 Å². The molecule has 1 aliphatic rings. The molecule has 0 bridgehead atoms. The van der Waals surface area contributed by atoms with Crippen molar-refractivity contribution in [1.82, 2.24) is 19.4 Å². The highest BCUT2D eigenvalue weighted by molar-refractivity contribution is 5.78. The number of rotatable bonds is 2. The summed E-state index contributed by atoms with van der Waals surface area (Å²) in [5, 5.41) is 6.89. The second-order valence-electron chi connectivity index (χ2n) is 4.63. The number of likely N-dealkylation sites (tertiary alicyclic amines) is 1. The lowest BCUT2D eigenvalue weighted by atomic mass is 10.2. The third-order valence-electron chi connectivity index (χ3n) is 3.32. The SMILES string of the molecule is CN1CC(n2ccnc2-c2ccncc2)CC1=O.O=CO. The number of carboxylic acid groups (broad SMARTS) is 1. The van der Waals surface area contributed by atoms with Crippen LogP contribution >= 0.6 is 0 Å². The minimum atomic E-state index is -0.250. The first kappa shape index (κ1) is 14.7. The smallest absolute Gasteiger partial charge is 0.290 e. The van der Waals surface area contributed by atoms with Gasteiger partial charge in [-0.25, -0.2) is 4.98 Å². The van der Waals surface area contributed by atoms with Gasteiger partial charge < -0.3 is 14.6 Å². The number of likely N-dealkylation sites (N-methyl/N-ethyl adjacent to an activating group) is 1. The van der Waals surface area contributed by atoms with Crippen LogP contribution in [0.1, 0.15) is 12.5 Å². The van der Waals surface area contributed by atoms with Crippen molar-refractivity contribution in [2.45, 2.75) is 12.5 Å². The van der Waals surface area contributed by atoms with E-state index in [-0.39, 0.29) is 18.4 Å². The van der Waals surface area contributed by atoms with Crippen molar-refractivity contribution in [1.29, 1.82) is 0 Å². The number of pyridine rings is 1. The maximum absolute atomic E-state index is 11.6. The van der Waals surface area contributed by atoms with E-state index in [1.807, 2.05) is 25.4 Å². The van der Waals surface area contributed by atoms with E-state index in [2.05, 4.69) is 14.5 Å². The van der Waals surface area contributed by atoms with Crippen LogP contribution in [0.3, 0.4) is 0 Å². The fourth-order valence-electron chi connectivity index (χ4n) is 2.36. The van der Waals surface area contributed by atoms with Crippen LogP contribution in [-0.2, 0) is 9.59 Å². The maximum Gasteiger partial charge on any atom is 0.290 e.